The maximum absolute atomic E-state index is 5.25. The first-order valence-electron chi connectivity index (χ1n) is 6.96. The van der Waals surface area contributed by atoms with Gasteiger partial charge in [-0.05, 0) is 31.9 Å². The van der Waals surface area contributed by atoms with Crippen molar-refractivity contribution >= 4 is 0 Å². The Labute approximate surface area is 112 Å². The van der Waals surface area contributed by atoms with Crippen molar-refractivity contribution in [1.29, 1.82) is 0 Å². The summed E-state index contributed by atoms with van der Waals surface area (Å²) in [5.74, 6) is 0. The summed E-state index contributed by atoms with van der Waals surface area (Å²) in [7, 11) is 3.83. The number of hydrogen-bond acceptors (Lipinski definition) is 2. The SMILES string of the molecule is CCC(CC)(c1ccccc1)C(CCOC)NC. The Morgan fingerprint density at radius 3 is 2.22 bits per heavy atom. The summed E-state index contributed by atoms with van der Waals surface area (Å²) in [6, 6.07) is 11.3. The molecular formula is C16H27NO. The smallest absolute Gasteiger partial charge is 0.0477 e. The summed E-state index contributed by atoms with van der Waals surface area (Å²) in [6.07, 6.45) is 3.33. The first-order chi connectivity index (χ1) is 8.75. The van der Waals surface area contributed by atoms with E-state index in [-0.39, 0.29) is 5.41 Å². The third-order valence-electron chi connectivity index (χ3n) is 4.24. The molecule has 0 spiro atoms. The van der Waals surface area contributed by atoms with Gasteiger partial charge in [-0.2, -0.15) is 0 Å². The van der Waals surface area contributed by atoms with Gasteiger partial charge in [0, 0.05) is 25.2 Å². The minimum absolute atomic E-state index is 0.203. The van der Waals surface area contributed by atoms with E-state index < -0.39 is 0 Å². The second-order valence-corrected chi connectivity index (χ2v) is 4.85. The summed E-state index contributed by atoms with van der Waals surface area (Å²) in [4.78, 5) is 0. The van der Waals surface area contributed by atoms with Crippen molar-refractivity contribution < 1.29 is 4.74 Å². The van der Waals surface area contributed by atoms with E-state index in [0.29, 0.717) is 6.04 Å². The first kappa shape index (κ1) is 15.2. The van der Waals surface area contributed by atoms with E-state index in [1.165, 1.54) is 5.56 Å². The average molecular weight is 249 g/mol. The van der Waals surface area contributed by atoms with E-state index in [1.54, 1.807) is 7.11 Å². The van der Waals surface area contributed by atoms with Crippen molar-refractivity contribution in [1.82, 2.24) is 5.32 Å². The van der Waals surface area contributed by atoms with Gasteiger partial charge in [-0.3, -0.25) is 0 Å². The molecule has 0 amide bonds. The molecular weight excluding hydrogens is 222 g/mol. The number of benzene rings is 1. The van der Waals surface area contributed by atoms with Crippen LogP contribution in [0.1, 0.15) is 38.7 Å². The molecule has 1 atom stereocenters. The second kappa shape index (κ2) is 7.55. The maximum atomic E-state index is 5.25. The Balaban J connectivity index is 3.04. The molecule has 1 aromatic rings. The molecule has 0 bridgehead atoms. The summed E-state index contributed by atoms with van der Waals surface area (Å²) in [6.45, 7) is 5.38. The van der Waals surface area contributed by atoms with Gasteiger partial charge < -0.3 is 10.1 Å². The molecule has 1 rings (SSSR count). The van der Waals surface area contributed by atoms with E-state index in [0.717, 1.165) is 25.9 Å². The zero-order valence-corrected chi connectivity index (χ0v) is 12.2. The highest BCUT2D eigenvalue weighted by Gasteiger charge is 2.35. The predicted octanol–water partition coefficient (Wildman–Crippen LogP) is 3.37. The van der Waals surface area contributed by atoms with Gasteiger partial charge in [0.15, 0.2) is 0 Å². The fourth-order valence-electron chi connectivity index (χ4n) is 3.05. The highest BCUT2D eigenvalue weighted by atomic mass is 16.5. The minimum atomic E-state index is 0.203. The van der Waals surface area contributed by atoms with Gasteiger partial charge in [0.25, 0.3) is 0 Å². The van der Waals surface area contributed by atoms with Crippen LogP contribution in [0, 0.1) is 0 Å². The van der Waals surface area contributed by atoms with Crippen LogP contribution < -0.4 is 5.32 Å². The van der Waals surface area contributed by atoms with E-state index in [1.807, 2.05) is 0 Å². The standard InChI is InChI=1S/C16H27NO/c1-5-16(6-2,14-10-8-7-9-11-14)15(17-3)12-13-18-4/h7-11,15,17H,5-6,12-13H2,1-4H3. The van der Waals surface area contributed by atoms with Crippen LogP contribution in [-0.4, -0.2) is 26.8 Å². The molecule has 0 saturated heterocycles. The normalized spacial score (nSPS) is 13.6. The third kappa shape index (κ3) is 3.12. The van der Waals surface area contributed by atoms with Crippen molar-refractivity contribution in [2.45, 2.75) is 44.6 Å². The van der Waals surface area contributed by atoms with Crippen LogP contribution in [0.25, 0.3) is 0 Å². The molecule has 0 aliphatic heterocycles. The average Bonchev–Trinajstić information content (AvgIpc) is 2.45. The maximum Gasteiger partial charge on any atom is 0.0477 e. The minimum Gasteiger partial charge on any atom is -0.385 e. The third-order valence-corrected chi connectivity index (χ3v) is 4.24. The Morgan fingerprint density at radius 2 is 1.78 bits per heavy atom. The molecule has 2 heteroatoms. The van der Waals surface area contributed by atoms with Gasteiger partial charge in [0.1, 0.15) is 0 Å². The monoisotopic (exact) mass is 249 g/mol. The van der Waals surface area contributed by atoms with Crippen molar-refractivity contribution in [3.8, 4) is 0 Å². The summed E-state index contributed by atoms with van der Waals surface area (Å²) >= 11 is 0. The molecule has 1 unspecified atom stereocenters. The van der Waals surface area contributed by atoms with Crippen LogP contribution in [-0.2, 0) is 10.2 Å². The van der Waals surface area contributed by atoms with Crippen LogP contribution in [0.5, 0.6) is 0 Å². The molecule has 1 aromatic carbocycles. The van der Waals surface area contributed by atoms with Gasteiger partial charge in [-0.15, -0.1) is 0 Å². The van der Waals surface area contributed by atoms with Gasteiger partial charge in [0.2, 0.25) is 0 Å². The quantitative estimate of drug-likeness (QED) is 0.762. The Bertz CT molecular complexity index is 319. The van der Waals surface area contributed by atoms with Crippen LogP contribution in [0.4, 0.5) is 0 Å². The fraction of sp³-hybridized carbons (Fsp3) is 0.625. The number of ether oxygens (including phenoxy) is 1. The number of rotatable bonds is 8. The molecule has 0 aliphatic rings. The Morgan fingerprint density at radius 1 is 1.17 bits per heavy atom. The van der Waals surface area contributed by atoms with E-state index >= 15 is 0 Å². The lowest BCUT2D eigenvalue weighted by Crippen LogP contribution is -2.47. The molecule has 102 valence electrons. The first-order valence-corrected chi connectivity index (χ1v) is 6.96. The van der Waals surface area contributed by atoms with Gasteiger partial charge in [0.05, 0.1) is 0 Å². The summed E-state index contributed by atoms with van der Waals surface area (Å²) < 4.78 is 5.25. The number of nitrogens with one attached hydrogen (secondary N) is 1. The lowest BCUT2D eigenvalue weighted by atomic mass is 9.69. The molecule has 0 fully saturated rings. The van der Waals surface area contributed by atoms with Crippen LogP contribution in [0.15, 0.2) is 30.3 Å². The summed E-state index contributed by atoms with van der Waals surface area (Å²) in [5.41, 5.74) is 1.64. The van der Waals surface area contributed by atoms with Crippen molar-refractivity contribution in [2.75, 3.05) is 20.8 Å². The fourth-order valence-corrected chi connectivity index (χ4v) is 3.05. The van der Waals surface area contributed by atoms with Gasteiger partial charge in [-0.25, -0.2) is 0 Å². The van der Waals surface area contributed by atoms with E-state index in [4.69, 9.17) is 4.74 Å². The number of likely N-dealkylation sites (N-methyl/N-ethyl adjacent to an activating group) is 1. The van der Waals surface area contributed by atoms with Crippen LogP contribution >= 0.6 is 0 Å². The highest BCUT2D eigenvalue weighted by molar-refractivity contribution is 5.27. The molecule has 0 heterocycles. The summed E-state index contributed by atoms with van der Waals surface area (Å²) in [5, 5.41) is 3.50. The molecule has 0 saturated carbocycles. The number of hydrogen-bond donors (Lipinski definition) is 1. The molecule has 0 radical (unpaired) electrons. The Hall–Kier alpha value is -0.860. The van der Waals surface area contributed by atoms with Gasteiger partial charge in [-0.1, -0.05) is 44.2 Å². The lowest BCUT2D eigenvalue weighted by molar-refractivity contribution is 0.159. The van der Waals surface area contributed by atoms with Crippen molar-refractivity contribution in [3.63, 3.8) is 0 Å². The van der Waals surface area contributed by atoms with E-state index in [2.05, 4.69) is 56.5 Å². The lowest BCUT2D eigenvalue weighted by Gasteiger charge is -2.40. The largest absolute Gasteiger partial charge is 0.385 e. The second-order valence-electron chi connectivity index (χ2n) is 4.85. The predicted molar refractivity (Wildman–Crippen MR) is 78.0 cm³/mol. The molecule has 1 N–H and O–H groups in total. The van der Waals surface area contributed by atoms with Crippen LogP contribution in [0.3, 0.4) is 0 Å². The Kier molecular flexibility index (Phi) is 6.37. The highest BCUT2D eigenvalue weighted by Crippen LogP contribution is 2.36. The molecule has 2 nitrogen and oxygen atoms in total. The topological polar surface area (TPSA) is 21.3 Å². The molecule has 18 heavy (non-hydrogen) atoms. The molecule has 0 aromatic heterocycles. The van der Waals surface area contributed by atoms with E-state index in [9.17, 15) is 0 Å². The van der Waals surface area contributed by atoms with Crippen molar-refractivity contribution in [3.05, 3.63) is 35.9 Å². The van der Waals surface area contributed by atoms with Crippen molar-refractivity contribution in [2.24, 2.45) is 0 Å². The van der Waals surface area contributed by atoms with Gasteiger partial charge >= 0.3 is 0 Å². The number of methoxy groups -OCH3 is 1. The van der Waals surface area contributed by atoms with Crippen LogP contribution in [0.2, 0.25) is 0 Å². The zero-order valence-electron chi connectivity index (χ0n) is 12.2. The zero-order chi connectivity index (χ0) is 13.4. The molecule has 0 aliphatic carbocycles.